The number of fused-ring (bicyclic) bond motifs is 3. The summed E-state index contributed by atoms with van der Waals surface area (Å²) in [6.45, 7) is 3.77. The largest absolute Gasteiger partial charge is 0.504 e. The van der Waals surface area contributed by atoms with Gasteiger partial charge in [0.25, 0.3) is 0 Å². The number of hydrogen-bond acceptors (Lipinski definition) is 5. The van der Waals surface area contributed by atoms with E-state index in [2.05, 4.69) is 23.2 Å². The molecule has 1 aromatic rings. The fraction of sp³-hybridized carbons (Fsp3) is 0.545. The zero-order chi connectivity index (χ0) is 19.9. The number of carbonyl (C=O) groups is 2. The van der Waals surface area contributed by atoms with Crippen LogP contribution in [0.15, 0.2) is 36.1 Å². The molecule has 0 radical (unpaired) electrons. The second kappa shape index (κ2) is 7.24. The number of amides is 1. The lowest BCUT2D eigenvalue weighted by molar-refractivity contribution is -0.137. The van der Waals surface area contributed by atoms with Gasteiger partial charge in [-0.05, 0) is 36.3 Å². The van der Waals surface area contributed by atoms with Crippen LogP contribution in [0.5, 0.6) is 0 Å². The van der Waals surface area contributed by atoms with Crippen molar-refractivity contribution in [2.24, 2.45) is 11.8 Å². The van der Waals surface area contributed by atoms with E-state index in [1.54, 1.807) is 7.11 Å². The Labute approximate surface area is 165 Å². The molecular weight excluding hydrogens is 356 g/mol. The molecule has 0 saturated carbocycles. The van der Waals surface area contributed by atoms with Crippen LogP contribution in [0.1, 0.15) is 31.7 Å². The predicted molar refractivity (Wildman–Crippen MR) is 106 cm³/mol. The van der Waals surface area contributed by atoms with E-state index >= 15 is 0 Å². The maximum atomic E-state index is 13.0. The summed E-state index contributed by atoms with van der Waals surface area (Å²) >= 11 is 0. The fourth-order valence-electron chi connectivity index (χ4n) is 5.49. The molecule has 6 heteroatoms. The first-order valence-corrected chi connectivity index (χ1v) is 10.00. The average Bonchev–Trinajstić information content (AvgIpc) is 3.22. The van der Waals surface area contributed by atoms with Gasteiger partial charge in [0.2, 0.25) is 5.91 Å². The van der Waals surface area contributed by atoms with Crippen molar-refractivity contribution >= 4 is 17.6 Å². The van der Waals surface area contributed by atoms with E-state index in [0.717, 1.165) is 43.6 Å². The number of para-hydroxylation sites is 1. The monoisotopic (exact) mass is 384 g/mol. The molecule has 4 rings (SSSR count). The minimum absolute atomic E-state index is 0.0773. The van der Waals surface area contributed by atoms with Crippen molar-refractivity contribution in [3.8, 4) is 0 Å². The SMILES string of the molecule is CC[C@@H]1CN2C[C@@]3(C[C@@H]2C[C@@H]1/C(=C\OC)C(=O)OC)C(=O)Nc1ccccc13. The number of nitrogens with zero attached hydrogens (tertiary/aromatic N) is 1. The predicted octanol–water partition coefficient (Wildman–Crippen LogP) is 2.70. The smallest absolute Gasteiger partial charge is 0.337 e. The summed E-state index contributed by atoms with van der Waals surface area (Å²) in [7, 11) is 2.97. The van der Waals surface area contributed by atoms with Crippen LogP contribution < -0.4 is 5.32 Å². The third kappa shape index (κ3) is 2.82. The van der Waals surface area contributed by atoms with E-state index in [4.69, 9.17) is 9.47 Å². The van der Waals surface area contributed by atoms with Crippen LogP contribution in [0.25, 0.3) is 0 Å². The van der Waals surface area contributed by atoms with Gasteiger partial charge >= 0.3 is 5.97 Å². The first-order chi connectivity index (χ1) is 13.5. The number of carbonyl (C=O) groups excluding carboxylic acids is 2. The number of anilines is 1. The van der Waals surface area contributed by atoms with Gasteiger partial charge in [-0.15, -0.1) is 0 Å². The van der Waals surface area contributed by atoms with Gasteiger partial charge in [-0.25, -0.2) is 4.79 Å². The fourth-order valence-corrected chi connectivity index (χ4v) is 5.49. The Hall–Kier alpha value is -2.34. The van der Waals surface area contributed by atoms with Crippen molar-refractivity contribution in [3.05, 3.63) is 41.7 Å². The lowest BCUT2D eigenvalue weighted by atomic mass is 9.74. The number of methoxy groups -OCH3 is 2. The van der Waals surface area contributed by atoms with Crippen molar-refractivity contribution in [2.75, 3.05) is 32.6 Å². The van der Waals surface area contributed by atoms with Crippen LogP contribution in [0.4, 0.5) is 5.69 Å². The van der Waals surface area contributed by atoms with E-state index < -0.39 is 5.41 Å². The Bertz CT molecular complexity index is 821. The summed E-state index contributed by atoms with van der Waals surface area (Å²) < 4.78 is 10.2. The maximum Gasteiger partial charge on any atom is 0.337 e. The molecule has 6 nitrogen and oxygen atoms in total. The summed E-state index contributed by atoms with van der Waals surface area (Å²) in [4.78, 5) is 27.8. The summed E-state index contributed by atoms with van der Waals surface area (Å²) in [6, 6.07) is 8.28. The molecule has 4 atom stereocenters. The highest BCUT2D eigenvalue weighted by molar-refractivity contribution is 6.06. The zero-order valence-corrected chi connectivity index (χ0v) is 16.7. The van der Waals surface area contributed by atoms with Gasteiger partial charge in [0.15, 0.2) is 0 Å². The first-order valence-electron chi connectivity index (χ1n) is 10.00. The van der Waals surface area contributed by atoms with Gasteiger partial charge in [0.05, 0.1) is 31.5 Å². The topological polar surface area (TPSA) is 67.9 Å². The number of esters is 1. The number of rotatable bonds is 4. The minimum atomic E-state index is -0.481. The molecule has 1 spiro atoms. The Morgan fingerprint density at radius 1 is 1.36 bits per heavy atom. The van der Waals surface area contributed by atoms with E-state index in [1.165, 1.54) is 13.4 Å². The minimum Gasteiger partial charge on any atom is -0.504 e. The van der Waals surface area contributed by atoms with Crippen LogP contribution in [-0.2, 0) is 24.5 Å². The molecule has 0 aliphatic carbocycles. The Morgan fingerprint density at radius 2 is 2.14 bits per heavy atom. The molecule has 0 bridgehead atoms. The average molecular weight is 384 g/mol. The van der Waals surface area contributed by atoms with Crippen molar-refractivity contribution in [1.29, 1.82) is 0 Å². The number of piperidine rings is 1. The molecule has 1 amide bonds. The van der Waals surface area contributed by atoms with E-state index in [-0.39, 0.29) is 23.8 Å². The highest BCUT2D eigenvalue weighted by atomic mass is 16.5. The number of hydrogen-bond donors (Lipinski definition) is 1. The Kier molecular flexibility index (Phi) is 4.91. The molecule has 1 N–H and O–H groups in total. The number of ether oxygens (including phenoxy) is 2. The van der Waals surface area contributed by atoms with E-state index in [9.17, 15) is 9.59 Å². The molecule has 0 aromatic heterocycles. The third-order valence-corrected chi connectivity index (χ3v) is 6.85. The normalized spacial score (nSPS) is 32.0. The van der Waals surface area contributed by atoms with Crippen LogP contribution in [0.2, 0.25) is 0 Å². The summed E-state index contributed by atoms with van der Waals surface area (Å²) in [6.07, 6.45) is 4.11. The van der Waals surface area contributed by atoms with Crippen molar-refractivity contribution < 1.29 is 19.1 Å². The first kappa shape index (κ1) is 19.0. The summed E-state index contributed by atoms with van der Waals surface area (Å²) in [5, 5.41) is 3.08. The lowest BCUT2D eigenvalue weighted by Crippen LogP contribution is -2.45. The molecule has 150 valence electrons. The standard InChI is InChI=1S/C22H28N2O4/c1-4-14-11-24-13-22(18-7-5-6-8-19(18)23-21(22)26)10-15(24)9-16(14)17(12-27-2)20(25)28-3/h5-8,12,14-16H,4,9-11,13H2,1-3H3,(H,23,26)/b17-12+/t14-,15+,16+,22-/m1/s1. The molecule has 3 aliphatic rings. The van der Waals surface area contributed by atoms with Gasteiger partial charge in [0, 0.05) is 24.8 Å². The summed E-state index contributed by atoms with van der Waals surface area (Å²) in [5.74, 6) is 0.184. The van der Waals surface area contributed by atoms with Crippen molar-refractivity contribution in [3.63, 3.8) is 0 Å². The van der Waals surface area contributed by atoms with Gasteiger partial charge in [-0.1, -0.05) is 31.5 Å². The van der Waals surface area contributed by atoms with Gasteiger partial charge in [0.1, 0.15) is 0 Å². The highest BCUT2D eigenvalue weighted by Crippen LogP contribution is 2.50. The van der Waals surface area contributed by atoms with Crippen molar-refractivity contribution in [2.45, 2.75) is 37.6 Å². The molecule has 3 heterocycles. The van der Waals surface area contributed by atoms with Crippen LogP contribution in [0.3, 0.4) is 0 Å². The number of nitrogens with one attached hydrogen (secondary N) is 1. The zero-order valence-electron chi connectivity index (χ0n) is 16.7. The van der Waals surface area contributed by atoms with Crippen LogP contribution >= 0.6 is 0 Å². The second-order valence-corrected chi connectivity index (χ2v) is 8.18. The molecule has 1 aromatic carbocycles. The second-order valence-electron chi connectivity index (χ2n) is 8.18. The van der Waals surface area contributed by atoms with Gasteiger partial charge < -0.3 is 14.8 Å². The van der Waals surface area contributed by atoms with E-state index in [0.29, 0.717) is 11.5 Å². The summed E-state index contributed by atoms with van der Waals surface area (Å²) in [5.41, 5.74) is 2.17. The van der Waals surface area contributed by atoms with Gasteiger partial charge in [-0.2, -0.15) is 0 Å². The lowest BCUT2D eigenvalue weighted by Gasteiger charge is -2.40. The molecule has 0 unspecified atom stereocenters. The van der Waals surface area contributed by atoms with Crippen LogP contribution in [0, 0.1) is 11.8 Å². The Morgan fingerprint density at radius 3 is 2.86 bits per heavy atom. The quantitative estimate of drug-likeness (QED) is 0.491. The molecule has 3 aliphatic heterocycles. The molecule has 2 saturated heterocycles. The van der Waals surface area contributed by atoms with E-state index in [1.807, 2.05) is 18.2 Å². The molecule has 28 heavy (non-hydrogen) atoms. The Balaban J connectivity index is 1.64. The van der Waals surface area contributed by atoms with Gasteiger partial charge in [-0.3, -0.25) is 9.69 Å². The molecule has 2 fully saturated rings. The highest BCUT2D eigenvalue weighted by Gasteiger charge is 2.56. The third-order valence-electron chi connectivity index (χ3n) is 6.85. The van der Waals surface area contributed by atoms with Crippen molar-refractivity contribution in [1.82, 2.24) is 4.90 Å². The number of benzene rings is 1. The van der Waals surface area contributed by atoms with Crippen LogP contribution in [-0.4, -0.2) is 50.1 Å². The maximum absolute atomic E-state index is 13.0. The molecular formula is C22H28N2O4.